The zero-order chi connectivity index (χ0) is 28.8. The summed E-state index contributed by atoms with van der Waals surface area (Å²) in [4.78, 5) is 40.2. The summed E-state index contributed by atoms with van der Waals surface area (Å²) in [5.74, 6) is 0.767. The van der Waals surface area contributed by atoms with E-state index in [1.165, 1.54) is 11.7 Å². The Balaban J connectivity index is 1.13. The summed E-state index contributed by atoms with van der Waals surface area (Å²) < 4.78 is 5.97. The second kappa shape index (κ2) is 10.1. The Bertz CT molecular complexity index is 1790. The number of aryl methyl sites for hydroxylation is 1. The normalized spacial score (nSPS) is 17.0. The van der Waals surface area contributed by atoms with Gasteiger partial charge in [-0.1, -0.05) is 30.3 Å². The first-order valence-electron chi connectivity index (χ1n) is 13.9. The van der Waals surface area contributed by atoms with Crippen molar-refractivity contribution >= 4 is 28.6 Å². The van der Waals surface area contributed by atoms with E-state index in [1.807, 2.05) is 23.1 Å². The highest BCUT2D eigenvalue weighted by atomic mass is 16.3. The standard InChI is InChI=1S/C30H29N9O3/c1-19(40)32-22-8-9-25-23(17-22)33-28(42-25)21-10-13-31-24(16-21)29(41)39-15-14-38(18-30(39)11-12-30)26(20-6-4-3-5-7-20)27-34-36-37(2)35-27/h3-10,13,16-17,26H,11-12,14-15,18H2,1-2H3,(H,32,40). The Morgan fingerprint density at radius 1 is 1.05 bits per heavy atom. The molecule has 4 heterocycles. The van der Waals surface area contributed by atoms with Crippen LogP contribution in [0.1, 0.15) is 47.7 Å². The number of oxazole rings is 1. The lowest BCUT2D eigenvalue weighted by Crippen LogP contribution is -2.57. The molecule has 1 spiro atoms. The topological polar surface area (TPSA) is 135 Å². The van der Waals surface area contributed by atoms with E-state index in [2.05, 4.69) is 47.7 Å². The van der Waals surface area contributed by atoms with Crippen molar-refractivity contribution in [1.82, 2.24) is 40.0 Å². The number of benzene rings is 2. The van der Waals surface area contributed by atoms with Gasteiger partial charge in [0.15, 0.2) is 11.4 Å². The summed E-state index contributed by atoms with van der Waals surface area (Å²) in [6, 6.07) is 18.8. The first-order valence-corrected chi connectivity index (χ1v) is 13.9. The van der Waals surface area contributed by atoms with E-state index in [1.54, 1.807) is 43.6 Å². The summed E-state index contributed by atoms with van der Waals surface area (Å²) in [5, 5.41) is 15.7. The fourth-order valence-electron chi connectivity index (χ4n) is 5.84. The SMILES string of the molecule is CC(=O)Nc1ccc2oc(-c3ccnc(C(=O)N4CCN(C(c5ccccc5)c5nnn(C)n5)CC45CC5)c3)nc2c1. The van der Waals surface area contributed by atoms with Crippen molar-refractivity contribution in [3.63, 3.8) is 0 Å². The van der Waals surface area contributed by atoms with Gasteiger partial charge in [0.05, 0.1) is 18.6 Å². The van der Waals surface area contributed by atoms with Gasteiger partial charge >= 0.3 is 0 Å². The average Bonchev–Trinajstić information content (AvgIpc) is 3.40. The second-order valence-electron chi connectivity index (χ2n) is 10.9. The average molecular weight is 564 g/mol. The fraction of sp³-hybridized carbons (Fsp3) is 0.300. The van der Waals surface area contributed by atoms with Crippen molar-refractivity contribution in [2.45, 2.75) is 31.3 Å². The lowest BCUT2D eigenvalue weighted by molar-refractivity contribution is -0.114. The maximum Gasteiger partial charge on any atom is 0.273 e. The molecule has 12 heteroatoms. The predicted molar refractivity (Wildman–Crippen MR) is 153 cm³/mol. The van der Waals surface area contributed by atoms with Crippen molar-refractivity contribution < 1.29 is 14.0 Å². The molecule has 1 atom stereocenters. The number of nitrogens with one attached hydrogen (secondary N) is 1. The van der Waals surface area contributed by atoms with Crippen LogP contribution in [0.4, 0.5) is 5.69 Å². The third-order valence-electron chi connectivity index (χ3n) is 7.94. The number of fused-ring (bicyclic) bond motifs is 1. The van der Waals surface area contributed by atoms with Crippen LogP contribution in [0.3, 0.4) is 0 Å². The van der Waals surface area contributed by atoms with Crippen molar-refractivity contribution in [1.29, 1.82) is 0 Å². The molecule has 2 aliphatic rings. The molecule has 0 bridgehead atoms. The fourth-order valence-corrected chi connectivity index (χ4v) is 5.84. The van der Waals surface area contributed by atoms with E-state index in [0.29, 0.717) is 59.4 Å². The van der Waals surface area contributed by atoms with Crippen LogP contribution >= 0.6 is 0 Å². The highest BCUT2D eigenvalue weighted by molar-refractivity contribution is 5.94. The summed E-state index contributed by atoms with van der Waals surface area (Å²) in [7, 11) is 1.77. The monoisotopic (exact) mass is 563 g/mol. The number of anilines is 1. The molecule has 1 aliphatic carbocycles. The Labute approximate surface area is 241 Å². The highest BCUT2D eigenvalue weighted by Gasteiger charge is 2.54. The van der Waals surface area contributed by atoms with E-state index >= 15 is 0 Å². The van der Waals surface area contributed by atoms with Crippen LogP contribution in [0.15, 0.2) is 71.3 Å². The Morgan fingerprint density at radius 3 is 2.62 bits per heavy atom. The van der Waals surface area contributed by atoms with Crippen LogP contribution in [0.25, 0.3) is 22.6 Å². The molecule has 2 aromatic carbocycles. The number of rotatable bonds is 6. The molecule has 0 radical (unpaired) electrons. The van der Waals surface area contributed by atoms with Crippen molar-refractivity contribution in [3.8, 4) is 11.5 Å². The third-order valence-corrected chi connectivity index (χ3v) is 7.94. The van der Waals surface area contributed by atoms with Gasteiger partial charge in [-0.25, -0.2) is 4.98 Å². The minimum absolute atomic E-state index is 0.105. The summed E-state index contributed by atoms with van der Waals surface area (Å²) in [5.41, 5.74) is 3.68. The first-order chi connectivity index (χ1) is 20.4. The number of piperazine rings is 1. The minimum atomic E-state index is -0.264. The molecule has 1 aliphatic heterocycles. The number of amides is 2. The molecule has 2 amide bonds. The first kappa shape index (κ1) is 26.0. The molecule has 7 rings (SSSR count). The quantitative estimate of drug-likeness (QED) is 0.329. The van der Waals surface area contributed by atoms with Crippen LogP contribution in [0, 0.1) is 0 Å². The van der Waals surface area contributed by atoms with E-state index < -0.39 is 0 Å². The van der Waals surface area contributed by atoms with Gasteiger partial charge in [-0.2, -0.15) is 4.80 Å². The maximum atomic E-state index is 13.9. The molecule has 1 N–H and O–H groups in total. The number of carbonyl (C=O) groups excluding carboxylic acids is 2. The lowest BCUT2D eigenvalue weighted by Gasteiger charge is -2.44. The molecular formula is C30H29N9O3. The largest absolute Gasteiger partial charge is 0.436 e. The van der Waals surface area contributed by atoms with Gasteiger partial charge in [0.2, 0.25) is 11.8 Å². The van der Waals surface area contributed by atoms with E-state index in [-0.39, 0.29) is 23.4 Å². The van der Waals surface area contributed by atoms with E-state index in [4.69, 9.17) is 4.42 Å². The molecule has 12 nitrogen and oxygen atoms in total. The van der Waals surface area contributed by atoms with E-state index in [9.17, 15) is 9.59 Å². The van der Waals surface area contributed by atoms with Gasteiger partial charge in [-0.3, -0.25) is 19.5 Å². The van der Waals surface area contributed by atoms with Crippen LogP contribution in [0.5, 0.6) is 0 Å². The lowest BCUT2D eigenvalue weighted by atomic mass is 10.0. The Morgan fingerprint density at radius 2 is 1.88 bits per heavy atom. The summed E-state index contributed by atoms with van der Waals surface area (Å²) in [6.07, 6.45) is 3.46. The zero-order valence-electron chi connectivity index (χ0n) is 23.3. The molecule has 5 aromatic rings. The maximum absolute atomic E-state index is 13.9. The minimum Gasteiger partial charge on any atom is -0.436 e. The molecule has 2 fully saturated rings. The van der Waals surface area contributed by atoms with Crippen LogP contribution < -0.4 is 5.32 Å². The van der Waals surface area contributed by atoms with Gasteiger partial charge in [0.25, 0.3) is 5.91 Å². The molecule has 212 valence electrons. The number of hydrogen-bond acceptors (Lipinski definition) is 9. The molecule has 1 saturated carbocycles. The van der Waals surface area contributed by atoms with E-state index in [0.717, 1.165) is 18.4 Å². The molecule has 1 saturated heterocycles. The summed E-state index contributed by atoms with van der Waals surface area (Å²) >= 11 is 0. The van der Waals surface area contributed by atoms with Gasteiger partial charge in [0, 0.05) is 44.0 Å². The van der Waals surface area contributed by atoms with Crippen molar-refractivity contribution in [2.24, 2.45) is 7.05 Å². The number of hydrogen-bond donors (Lipinski definition) is 1. The number of aromatic nitrogens is 6. The molecule has 42 heavy (non-hydrogen) atoms. The van der Waals surface area contributed by atoms with Gasteiger partial charge in [-0.05, 0) is 54.0 Å². The predicted octanol–water partition coefficient (Wildman–Crippen LogP) is 3.45. The summed E-state index contributed by atoms with van der Waals surface area (Å²) in [6.45, 7) is 3.38. The highest BCUT2D eigenvalue weighted by Crippen LogP contribution is 2.47. The van der Waals surface area contributed by atoms with Crippen LogP contribution in [-0.2, 0) is 11.8 Å². The van der Waals surface area contributed by atoms with Crippen LogP contribution in [0.2, 0.25) is 0 Å². The Kier molecular flexibility index (Phi) is 6.27. The molecular weight excluding hydrogens is 534 g/mol. The van der Waals surface area contributed by atoms with Gasteiger partial charge < -0.3 is 14.6 Å². The molecule has 3 aromatic heterocycles. The van der Waals surface area contributed by atoms with Gasteiger partial charge in [-0.15, -0.1) is 10.2 Å². The van der Waals surface area contributed by atoms with Crippen molar-refractivity contribution in [3.05, 3.63) is 83.9 Å². The second-order valence-corrected chi connectivity index (χ2v) is 10.9. The van der Waals surface area contributed by atoms with Crippen LogP contribution in [-0.4, -0.2) is 77.0 Å². The number of pyridine rings is 1. The van der Waals surface area contributed by atoms with Crippen molar-refractivity contribution in [2.75, 3.05) is 25.0 Å². The smallest absolute Gasteiger partial charge is 0.273 e. The van der Waals surface area contributed by atoms with Gasteiger partial charge in [0.1, 0.15) is 11.2 Å². The Hall–Kier alpha value is -4.97. The number of nitrogens with zero attached hydrogens (tertiary/aromatic N) is 8. The zero-order valence-corrected chi connectivity index (χ0v) is 23.3. The third kappa shape index (κ3) is 4.79. The molecule has 1 unspecified atom stereocenters. The number of tetrazole rings is 1. The number of carbonyl (C=O) groups is 2.